The number of aryl methyl sites for hydroxylation is 1. The number of carbonyl (C=O) groups excluding carboxylic acids is 1. The summed E-state index contributed by atoms with van der Waals surface area (Å²) in [5.74, 6) is -0.325. The number of aromatic nitrogens is 2. The van der Waals surface area contributed by atoms with Crippen LogP contribution in [-0.2, 0) is 6.54 Å². The highest BCUT2D eigenvalue weighted by Crippen LogP contribution is 2.24. The van der Waals surface area contributed by atoms with Gasteiger partial charge in [0.15, 0.2) is 0 Å². The van der Waals surface area contributed by atoms with E-state index in [0.29, 0.717) is 6.54 Å². The maximum Gasteiger partial charge on any atom is 0.292 e. The van der Waals surface area contributed by atoms with E-state index in [0.717, 1.165) is 22.6 Å². The average molecular weight is 379 g/mol. The van der Waals surface area contributed by atoms with Gasteiger partial charge in [0.1, 0.15) is 5.69 Å². The Morgan fingerprint density at radius 3 is 2.54 bits per heavy atom. The molecule has 2 N–H and O–H groups in total. The van der Waals surface area contributed by atoms with E-state index in [2.05, 4.69) is 5.10 Å². The van der Waals surface area contributed by atoms with E-state index in [1.807, 2.05) is 48.9 Å². The monoisotopic (exact) mass is 379 g/mol. The number of rotatable bonds is 5. The molecule has 0 radical (unpaired) electrons. The second kappa shape index (κ2) is 7.51. The maximum atomic E-state index is 12.8. The molecule has 3 rings (SSSR count). The van der Waals surface area contributed by atoms with E-state index in [9.17, 15) is 14.9 Å². The summed E-state index contributed by atoms with van der Waals surface area (Å²) in [7, 11) is 1.66. The Morgan fingerprint density at radius 2 is 1.89 bits per heavy atom. The number of carbonyl (C=O) groups is 1. The van der Waals surface area contributed by atoms with E-state index >= 15 is 0 Å². The third-order valence-corrected chi connectivity index (χ3v) is 4.66. The number of nitro benzene ring substituents is 1. The van der Waals surface area contributed by atoms with E-state index in [1.54, 1.807) is 7.05 Å². The van der Waals surface area contributed by atoms with Gasteiger partial charge < -0.3 is 10.6 Å². The summed E-state index contributed by atoms with van der Waals surface area (Å²) in [6.45, 7) is 4.18. The molecule has 0 aliphatic carbocycles. The minimum Gasteiger partial charge on any atom is -0.393 e. The molecule has 0 aliphatic heterocycles. The standard InChI is InChI=1S/C20H21N5O3/c1-13-17(14(2)24(22-13)16-7-5-4-6-8-16)12-23(3)20(26)15-9-10-18(21)19(11-15)25(27)28/h4-11H,12,21H2,1-3H3. The lowest BCUT2D eigenvalue weighted by Crippen LogP contribution is -2.26. The number of para-hydroxylation sites is 1. The van der Waals surface area contributed by atoms with Crippen LogP contribution in [0.2, 0.25) is 0 Å². The van der Waals surface area contributed by atoms with Crippen LogP contribution in [0.3, 0.4) is 0 Å². The first-order valence-corrected chi connectivity index (χ1v) is 8.69. The van der Waals surface area contributed by atoms with Crippen molar-refractivity contribution in [2.45, 2.75) is 20.4 Å². The number of hydrogen-bond donors (Lipinski definition) is 1. The molecule has 0 unspecified atom stereocenters. The third-order valence-electron chi connectivity index (χ3n) is 4.66. The number of amides is 1. The minimum absolute atomic E-state index is 0.0278. The van der Waals surface area contributed by atoms with Crippen molar-refractivity contribution in [3.8, 4) is 5.69 Å². The van der Waals surface area contributed by atoms with Gasteiger partial charge in [-0.05, 0) is 38.1 Å². The summed E-state index contributed by atoms with van der Waals surface area (Å²) >= 11 is 0. The summed E-state index contributed by atoms with van der Waals surface area (Å²) in [6.07, 6.45) is 0. The van der Waals surface area contributed by atoms with Crippen molar-refractivity contribution >= 4 is 17.3 Å². The van der Waals surface area contributed by atoms with Crippen molar-refractivity contribution in [3.63, 3.8) is 0 Å². The van der Waals surface area contributed by atoms with Crippen molar-refractivity contribution in [1.29, 1.82) is 0 Å². The molecule has 8 heteroatoms. The molecule has 0 atom stereocenters. The number of nitrogen functional groups attached to an aromatic ring is 1. The van der Waals surface area contributed by atoms with Crippen molar-refractivity contribution in [1.82, 2.24) is 14.7 Å². The van der Waals surface area contributed by atoms with Gasteiger partial charge in [0.25, 0.3) is 11.6 Å². The minimum atomic E-state index is -0.593. The molecule has 3 aromatic rings. The lowest BCUT2D eigenvalue weighted by Gasteiger charge is -2.18. The third kappa shape index (κ3) is 3.57. The van der Waals surface area contributed by atoms with Crippen LogP contribution in [0.1, 0.15) is 27.3 Å². The van der Waals surface area contributed by atoms with E-state index in [1.165, 1.54) is 23.1 Å². The molecule has 144 valence electrons. The van der Waals surface area contributed by atoms with Crippen LogP contribution < -0.4 is 5.73 Å². The molecule has 1 amide bonds. The largest absolute Gasteiger partial charge is 0.393 e. The molecule has 8 nitrogen and oxygen atoms in total. The number of benzene rings is 2. The second-order valence-corrected chi connectivity index (χ2v) is 6.59. The number of nitrogens with zero attached hydrogens (tertiary/aromatic N) is 4. The van der Waals surface area contributed by atoms with Crippen LogP contribution in [0.25, 0.3) is 5.69 Å². The Bertz CT molecular complexity index is 1040. The van der Waals surface area contributed by atoms with Crippen LogP contribution in [-0.4, -0.2) is 32.6 Å². The highest BCUT2D eigenvalue weighted by atomic mass is 16.6. The smallest absolute Gasteiger partial charge is 0.292 e. The summed E-state index contributed by atoms with van der Waals surface area (Å²) in [5, 5.41) is 15.7. The van der Waals surface area contributed by atoms with Crippen molar-refractivity contribution < 1.29 is 9.72 Å². The molecule has 1 aromatic heterocycles. The van der Waals surface area contributed by atoms with Gasteiger partial charge in [0.2, 0.25) is 0 Å². The molecule has 2 aromatic carbocycles. The first-order chi connectivity index (χ1) is 13.3. The molecular formula is C20H21N5O3. The quantitative estimate of drug-likeness (QED) is 0.416. The number of nitrogens with two attached hydrogens (primary N) is 1. The van der Waals surface area contributed by atoms with Gasteiger partial charge in [0.05, 0.1) is 16.3 Å². The molecule has 28 heavy (non-hydrogen) atoms. The molecule has 0 fully saturated rings. The normalized spacial score (nSPS) is 10.7. The second-order valence-electron chi connectivity index (χ2n) is 6.59. The van der Waals surface area contributed by atoms with E-state index in [4.69, 9.17) is 5.73 Å². The van der Waals surface area contributed by atoms with Gasteiger partial charge in [-0.25, -0.2) is 4.68 Å². The van der Waals surface area contributed by atoms with E-state index < -0.39 is 4.92 Å². The molecule has 0 aliphatic rings. The van der Waals surface area contributed by atoms with Crippen LogP contribution in [0.4, 0.5) is 11.4 Å². The fraction of sp³-hybridized carbons (Fsp3) is 0.200. The van der Waals surface area contributed by atoms with Crippen molar-refractivity contribution in [2.24, 2.45) is 0 Å². The summed E-state index contributed by atoms with van der Waals surface area (Å²) < 4.78 is 1.84. The average Bonchev–Trinajstić information content (AvgIpc) is 2.96. The first kappa shape index (κ1) is 19.1. The predicted molar refractivity (Wildman–Crippen MR) is 106 cm³/mol. The Kier molecular flexibility index (Phi) is 5.12. The summed E-state index contributed by atoms with van der Waals surface area (Å²) in [6, 6.07) is 13.8. The van der Waals surface area contributed by atoms with Crippen LogP contribution in [0.5, 0.6) is 0 Å². The molecule has 0 spiro atoms. The highest BCUT2D eigenvalue weighted by Gasteiger charge is 2.21. The van der Waals surface area contributed by atoms with Gasteiger partial charge >= 0.3 is 0 Å². The zero-order valence-corrected chi connectivity index (χ0v) is 15.9. The lowest BCUT2D eigenvalue weighted by atomic mass is 10.1. The maximum absolute atomic E-state index is 12.8. The molecule has 0 saturated carbocycles. The first-order valence-electron chi connectivity index (χ1n) is 8.69. The molecule has 1 heterocycles. The number of nitro groups is 1. The fourth-order valence-corrected chi connectivity index (χ4v) is 3.09. The zero-order chi connectivity index (χ0) is 20.4. The lowest BCUT2D eigenvalue weighted by molar-refractivity contribution is -0.383. The number of anilines is 1. The topological polar surface area (TPSA) is 107 Å². The summed E-state index contributed by atoms with van der Waals surface area (Å²) in [5.41, 5.74) is 9.22. The Hall–Kier alpha value is -3.68. The van der Waals surface area contributed by atoms with E-state index in [-0.39, 0.29) is 22.8 Å². The predicted octanol–water partition coefficient (Wildman–Crippen LogP) is 3.25. The van der Waals surface area contributed by atoms with Crippen molar-refractivity contribution in [2.75, 3.05) is 12.8 Å². The zero-order valence-electron chi connectivity index (χ0n) is 15.9. The molecule has 0 bridgehead atoms. The molecular weight excluding hydrogens is 358 g/mol. The Balaban J connectivity index is 1.86. The fourth-order valence-electron chi connectivity index (χ4n) is 3.09. The van der Waals surface area contributed by atoms with Gasteiger partial charge in [-0.2, -0.15) is 5.10 Å². The van der Waals surface area contributed by atoms with Crippen LogP contribution in [0.15, 0.2) is 48.5 Å². The van der Waals surface area contributed by atoms with Gasteiger partial charge in [-0.15, -0.1) is 0 Å². The summed E-state index contributed by atoms with van der Waals surface area (Å²) in [4.78, 5) is 24.8. The van der Waals surface area contributed by atoms with Crippen LogP contribution in [0, 0.1) is 24.0 Å². The van der Waals surface area contributed by atoms with Gasteiger partial charge in [-0.1, -0.05) is 18.2 Å². The highest BCUT2D eigenvalue weighted by molar-refractivity contribution is 5.95. The van der Waals surface area contributed by atoms with Crippen molar-refractivity contribution in [3.05, 3.63) is 81.2 Å². The number of hydrogen-bond acceptors (Lipinski definition) is 5. The SMILES string of the molecule is Cc1nn(-c2ccccc2)c(C)c1CN(C)C(=O)c1ccc(N)c([N+](=O)[O-])c1. The van der Waals surface area contributed by atoms with Crippen LogP contribution >= 0.6 is 0 Å². The Labute approximate surface area is 162 Å². The van der Waals surface area contributed by atoms with Gasteiger partial charge in [0, 0.05) is 36.5 Å². The van der Waals surface area contributed by atoms with Gasteiger partial charge in [-0.3, -0.25) is 14.9 Å². The Morgan fingerprint density at radius 1 is 1.21 bits per heavy atom. The molecule has 0 saturated heterocycles.